The second-order valence-electron chi connectivity index (χ2n) is 10.3. The number of benzene rings is 6. The van der Waals surface area contributed by atoms with Gasteiger partial charge in [-0.2, -0.15) is 0 Å². The first-order valence-electron chi connectivity index (χ1n) is 13.3. The van der Waals surface area contributed by atoms with Crippen LogP contribution < -0.4 is 0 Å². The maximum Gasteiger partial charge on any atom is 0.0713 e. The second kappa shape index (κ2) is 8.56. The van der Waals surface area contributed by atoms with Crippen molar-refractivity contribution in [3.8, 4) is 16.8 Å². The molecule has 0 amide bonds. The van der Waals surface area contributed by atoms with E-state index in [0.717, 1.165) is 4.47 Å². The van der Waals surface area contributed by atoms with Crippen molar-refractivity contribution in [3.05, 3.63) is 172 Å². The van der Waals surface area contributed by atoms with Crippen LogP contribution in [0, 0.1) is 0 Å². The molecule has 0 N–H and O–H groups in total. The van der Waals surface area contributed by atoms with Crippen LogP contribution in [-0.4, -0.2) is 4.57 Å². The van der Waals surface area contributed by atoms with Gasteiger partial charge in [0.25, 0.3) is 0 Å². The number of hydrogen-bond acceptors (Lipinski definition) is 0. The predicted octanol–water partition coefficient (Wildman–Crippen LogP) is 9.91. The summed E-state index contributed by atoms with van der Waals surface area (Å²) in [6.07, 6.45) is 0. The Kier molecular flexibility index (Phi) is 4.95. The van der Waals surface area contributed by atoms with E-state index in [-0.39, 0.29) is 5.41 Å². The number of para-hydroxylation sites is 1. The van der Waals surface area contributed by atoms with Gasteiger partial charge in [-0.1, -0.05) is 131 Å². The minimum atomic E-state index is -0.378. The monoisotopic (exact) mass is 561 g/mol. The summed E-state index contributed by atoms with van der Waals surface area (Å²) < 4.78 is 3.49. The Labute approximate surface area is 236 Å². The van der Waals surface area contributed by atoms with E-state index >= 15 is 0 Å². The van der Waals surface area contributed by atoms with Crippen LogP contribution in [0.15, 0.2) is 150 Å². The van der Waals surface area contributed by atoms with Crippen molar-refractivity contribution in [2.45, 2.75) is 5.41 Å². The largest absolute Gasteiger partial charge is 0.309 e. The highest BCUT2D eigenvalue weighted by Crippen LogP contribution is 2.56. The molecule has 0 aliphatic heterocycles. The molecule has 0 fully saturated rings. The van der Waals surface area contributed by atoms with Crippen molar-refractivity contribution < 1.29 is 0 Å². The normalized spacial score (nSPS) is 13.5. The van der Waals surface area contributed by atoms with Crippen molar-refractivity contribution in [2.24, 2.45) is 0 Å². The van der Waals surface area contributed by atoms with Crippen molar-refractivity contribution in [1.82, 2.24) is 4.57 Å². The lowest BCUT2D eigenvalue weighted by Crippen LogP contribution is -2.28. The summed E-state index contributed by atoms with van der Waals surface area (Å²) in [5, 5.41) is 2.53. The highest BCUT2D eigenvalue weighted by atomic mass is 79.9. The average molecular weight is 563 g/mol. The number of halogens is 1. The van der Waals surface area contributed by atoms with Crippen LogP contribution in [0.5, 0.6) is 0 Å². The molecule has 0 saturated carbocycles. The summed E-state index contributed by atoms with van der Waals surface area (Å²) >= 11 is 3.72. The van der Waals surface area contributed by atoms with Crippen LogP contribution in [0.2, 0.25) is 0 Å². The Morgan fingerprint density at radius 1 is 0.462 bits per heavy atom. The second-order valence-corrected chi connectivity index (χ2v) is 11.2. The summed E-state index contributed by atoms with van der Waals surface area (Å²) in [6.45, 7) is 0. The van der Waals surface area contributed by atoms with Gasteiger partial charge in [-0.25, -0.2) is 0 Å². The van der Waals surface area contributed by atoms with Crippen LogP contribution in [0.1, 0.15) is 22.3 Å². The molecule has 7 aromatic rings. The minimum Gasteiger partial charge on any atom is -0.309 e. The van der Waals surface area contributed by atoms with Gasteiger partial charge in [-0.05, 0) is 63.7 Å². The molecular weight excluding hydrogens is 538 g/mol. The highest BCUT2D eigenvalue weighted by molar-refractivity contribution is 9.10. The zero-order valence-electron chi connectivity index (χ0n) is 21.2. The molecule has 184 valence electrons. The SMILES string of the molecule is Brc1ccc2c3ccccc3n(-c3ccc4c(c3)-c3ccccc3C4(c3ccccc3)c3ccccc3)c2c1. The number of fused-ring (bicyclic) bond motifs is 6. The van der Waals surface area contributed by atoms with Gasteiger partial charge in [0.15, 0.2) is 0 Å². The third kappa shape index (κ3) is 3.13. The van der Waals surface area contributed by atoms with Crippen molar-refractivity contribution in [3.63, 3.8) is 0 Å². The molecule has 0 saturated heterocycles. The maximum atomic E-state index is 3.72. The Balaban J connectivity index is 1.47. The highest BCUT2D eigenvalue weighted by Gasteiger charge is 2.45. The predicted molar refractivity (Wildman–Crippen MR) is 166 cm³/mol. The lowest BCUT2D eigenvalue weighted by Gasteiger charge is -2.33. The van der Waals surface area contributed by atoms with Crippen LogP contribution in [0.3, 0.4) is 0 Å². The number of nitrogens with zero attached hydrogens (tertiary/aromatic N) is 1. The van der Waals surface area contributed by atoms with E-state index in [1.165, 1.54) is 60.9 Å². The van der Waals surface area contributed by atoms with E-state index in [1.807, 2.05) is 0 Å². The van der Waals surface area contributed by atoms with E-state index in [1.54, 1.807) is 0 Å². The molecule has 2 heteroatoms. The molecule has 0 radical (unpaired) electrons. The van der Waals surface area contributed by atoms with Gasteiger partial charge in [0.1, 0.15) is 0 Å². The van der Waals surface area contributed by atoms with Gasteiger partial charge in [-0.3, -0.25) is 0 Å². The van der Waals surface area contributed by atoms with E-state index < -0.39 is 0 Å². The average Bonchev–Trinajstić information content (AvgIpc) is 3.48. The Morgan fingerprint density at radius 2 is 1.08 bits per heavy atom. The number of aromatic nitrogens is 1. The molecule has 6 aromatic carbocycles. The topological polar surface area (TPSA) is 4.93 Å². The lowest BCUT2D eigenvalue weighted by atomic mass is 9.68. The van der Waals surface area contributed by atoms with Crippen LogP contribution in [-0.2, 0) is 5.41 Å². The van der Waals surface area contributed by atoms with Gasteiger partial charge in [0.2, 0.25) is 0 Å². The van der Waals surface area contributed by atoms with E-state index in [4.69, 9.17) is 0 Å². The first kappa shape index (κ1) is 22.6. The molecule has 0 spiro atoms. The molecular formula is C37H24BrN. The summed E-state index contributed by atoms with van der Waals surface area (Å²) in [5.74, 6) is 0. The fourth-order valence-electron chi connectivity index (χ4n) is 6.80. The molecule has 0 unspecified atom stereocenters. The summed E-state index contributed by atoms with van der Waals surface area (Å²) in [4.78, 5) is 0. The quantitative estimate of drug-likeness (QED) is 0.202. The van der Waals surface area contributed by atoms with Gasteiger partial charge in [0.05, 0.1) is 16.4 Å². The maximum absolute atomic E-state index is 3.72. The fraction of sp³-hybridized carbons (Fsp3) is 0.0270. The first-order chi connectivity index (χ1) is 19.3. The van der Waals surface area contributed by atoms with Crippen LogP contribution in [0.25, 0.3) is 38.6 Å². The standard InChI is InChI=1S/C37H24BrN/c38-27-19-21-31-30-16-8-10-18-35(30)39(36(31)23-27)28-20-22-34-32(24-28)29-15-7-9-17-33(29)37(34,25-11-3-1-4-12-25)26-13-5-2-6-14-26/h1-24H. The van der Waals surface area contributed by atoms with Gasteiger partial charge in [0, 0.05) is 20.9 Å². The number of hydrogen-bond donors (Lipinski definition) is 0. The minimum absolute atomic E-state index is 0.378. The summed E-state index contributed by atoms with van der Waals surface area (Å²) in [7, 11) is 0. The molecule has 0 bridgehead atoms. The molecule has 1 aromatic heterocycles. The molecule has 1 aliphatic carbocycles. The third-order valence-electron chi connectivity index (χ3n) is 8.34. The number of rotatable bonds is 3. The molecule has 1 nitrogen and oxygen atoms in total. The van der Waals surface area contributed by atoms with Gasteiger partial charge in [-0.15, -0.1) is 0 Å². The van der Waals surface area contributed by atoms with E-state index in [2.05, 4.69) is 166 Å². The van der Waals surface area contributed by atoms with Crippen molar-refractivity contribution >= 4 is 37.7 Å². The first-order valence-corrected chi connectivity index (χ1v) is 14.1. The van der Waals surface area contributed by atoms with Crippen LogP contribution in [0.4, 0.5) is 0 Å². The van der Waals surface area contributed by atoms with E-state index in [0.29, 0.717) is 0 Å². The molecule has 39 heavy (non-hydrogen) atoms. The van der Waals surface area contributed by atoms with Crippen LogP contribution >= 0.6 is 15.9 Å². The molecule has 1 heterocycles. The zero-order chi connectivity index (χ0) is 26.0. The smallest absolute Gasteiger partial charge is 0.0713 e. The Hall–Kier alpha value is -4.40. The Morgan fingerprint density at radius 3 is 1.85 bits per heavy atom. The zero-order valence-corrected chi connectivity index (χ0v) is 22.8. The third-order valence-corrected chi connectivity index (χ3v) is 8.83. The molecule has 8 rings (SSSR count). The van der Waals surface area contributed by atoms with Gasteiger partial charge < -0.3 is 4.57 Å². The van der Waals surface area contributed by atoms with Gasteiger partial charge >= 0.3 is 0 Å². The summed E-state index contributed by atoms with van der Waals surface area (Å²) in [6, 6.07) is 53.2. The van der Waals surface area contributed by atoms with E-state index in [9.17, 15) is 0 Å². The van der Waals surface area contributed by atoms with Crippen molar-refractivity contribution in [2.75, 3.05) is 0 Å². The molecule has 1 aliphatic rings. The fourth-order valence-corrected chi connectivity index (χ4v) is 7.15. The lowest BCUT2D eigenvalue weighted by molar-refractivity contribution is 0.768. The van der Waals surface area contributed by atoms with Crippen molar-refractivity contribution in [1.29, 1.82) is 0 Å². The molecule has 0 atom stereocenters. The summed E-state index contributed by atoms with van der Waals surface area (Å²) in [5.41, 5.74) is 11.0. The Bertz CT molecular complexity index is 1980.